The van der Waals surface area contributed by atoms with Gasteiger partial charge in [-0.25, -0.2) is 4.39 Å². The minimum absolute atomic E-state index is 0.256. The Balaban J connectivity index is 1.96. The van der Waals surface area contributed by atoms with Crippen LogP contribution in [0.15, 0.2) is 12.1 Å². The van der Waals surface area contributed by atoms with Crippen LogP contribution in [0.3, 0.4) is 0 Å². The van der Waals surface area contributed by atoms with E-state index < -0.39 is 0 Å². The second kappa shape index (κ2) is 5.36. The lowest BCUT2D eigenvalue weighted by Gasteiger charge is -2.23. The van der Waals surface area contributed by atoms with Crippen molar-refractivity contribution in [3.63, 3.8) is 0 Å². The van der Waals surface area contributed by atoms with Crippen LogP contribution >= 0.6 is 0 Å². The molecule has 1 aromatic rings. The number of ether oxygens (including phenoxy) is 1. The number of hydrogen-bond acceptors (Lipinski definition) is 3. The van der Waals surface area contributed by atoms with Crippen LogP contribution in [0.25, 0.3) is 0 Å². The Kier molecular flexibility index (Phi) is 3.84. The van der Waals surface area contributed by atoms with E-state index in [9.17, 15) is 4.39 Å². The molecule has 0 radical (unpaired) electrons. The third-order valence-corrected chi connectivity index (χ3v) is 3.17. The molecule has 4 heteroatoms. The molecule has 0 spiro atoms. The first kappa shape index (κ1) is 12.2. The molecule has 1 aliphatic rings. The third kappa shape index (κ3) is 3.09. The molecule has 2 rings (SSSR count). The topological polar surface area (TPSA) is 47.3 Å². The zero-order chi connectivity index (χ0) is 12.3. The summed E-state index contributed by atoms with van der Waals surface area (Å²) in [6.45, 7) is 4.24. The van der Waals surface area contributed by atoms with Gasteiger partial charge in [0.15, 0.2) is 0 Å². The largest absolute Gasteiger partial charge is 0.397 e. The maximum absolute atomic E-state index is 13.2. The van der Waals surface area contributed by atoms with Crippen LogP contribution in [0.4, 0.5) is 15.8 Å². The Hall–Kier alpha value is -1.29. The maximum Gasteiger partial charge on any atom is 0.128 e. The van der Waals surface area contributed by atoms with Gasteiger partial charge in [0, 0.05) is 13.2 Å². The normalized spacial score (nSPS) is 20.2. The summed E-state index contributed by atoms with van der Waals surface area (Å²) in [5.41, 5.74) is 7.66. The monoisotopic (exact) mass is 238 g/mol. The molecule has 0 aliphatic carbocycles. The lowest BCUT2D eigenvalue weighted by Crippen LogP contribution is -2.24. The van der Waals surface area contributed by atoms with Crippen molar-refractivity contribution in [1.82, 2.24) is 0 Å². The Morgan fingerprint density at radius 2 is 2.35 bits per heavy atom. The molecule has 1 fully saturated rings. The molecule has 1 saturated heterocycles. The average Bonchev–Trinajstić information content (AvgIpc) is 2.33. The summed E-state index contributed by atoms with van der Waals surface area (Å²) < 4.78 is 18.6. The van der Waals surface area contributed by atoms with Gasteiger partial charge in [-0.05, 0) is 43.4 Å². The lowest BCUT2D eigenvalue weighted by molar-refractivity contribution is 0.0595. The van der Waals surface area contributed by atoms with E-state index in [2.05, 4.69) is 5.32 Å². The summed E-state index contributed by atoms with van der Waals surface area (Å²) in [6, 6.07) is 3.13. The zero-order valence-electron chi connectivity index (χ0n) is 10.1. The maximum atomic E-state index is 13.2. The van der Waals surface area contributed by atoms with Crippen molar-refractivity contribution in [2.45, 2.75) is 19.8 Å². The number of nitrogens with one attached hydrogen (secondary N) is 1. The predicted octanol–water partition coefficient (Wildman–Crippen LogP) is 2.55. The molecule has 1 heterocycles. The molecular formula is C13H19FN2O. The molecule has 0 saturated carbocycles. The average molecular weight is 238 g/mol. The number of halogens is 1. The van der Waals surface area contributed by atoms with Gasteiger partial charge in [0.2, 0.25) is 0 Å². The number of nitrogen functional groups attached to an aromatic ring is 1. The highest BCUT2D eigenvalue weighted by Crippen LogP contribution is 2.23. The molecule has 1 aliphatic heterocycles. The number of nitrogens with two attached hydrogens (primary N) is 1. The summed E-state index contributed by atoms with van der Waals surface area (Å²) in [5, 5.41) is 3.28. The summed E-state index contributed by atoms with van der Waals surface area (Å²) in [7, 11) is 0. The van der Waals surface area contributed by atoms with Crippen molar-refractivity contribution in [3.8, 4) is 0 Å². The van der Waals surface area contributed by atoms with Gasteiger partial charge >= 0.3 is 0 Å². The summed E-state index contributed by atoms with van der Waals surface area (Å²) in [4.78, 5) is 0. The van der Waals surface area contributed by atoms with E-state index in [0.717, 1.165) is 31.9 Å². The highest BCUT2D eigenvalue weighted by Gasteiger charge is 2.14. The SMILES string of the molecule is Cc1cc(NCC2CCCOC2)c(N)cc1F. The van der Waals surface area contributed by atoms with Gasteiger partial charge in [0.05, 0.1) is 18.0 Å². The molecule has 1 unspecified atom stereocenters. The summed E-state index contributed by atoms with van der Waals surface area (Å²) >= 11 is 0. The Bertz CT molecular complexity index is 389. The molecular weight excluding hydrogens is 219 g/mol. The van der Waals surface area contributed by atoms with Crippen LogP contribution in [0.1, 0.15) is 18.4 Å². The molecule has 17 heavy (non-hydrogen) atoms. The first-order valence-electron chi connectivity index (χ1n) is 6.04. The van der Waals surface area contributed by atoms with E-state index >= 15 is 0 Å². The third-order valence-electron chi connectivity index (χ3n) is 3.17. The molecule has 0 bridgehead atoms. The van der Waals surface area contributed by atoms with E-state index in [1.54, 1.807) is 13.0 Å². The van der Waals surface area contributed by atoms with E-state index in [1.807, 2.05) is 0 Å². The first-order valence-corrected chi connectivity index (χ1v) is 6.04. The predicted molar refractivity (Wildman–Crippen MR) is 67.6 cm³/mol. The van der Waals surface area contributed by atoms with Gasteiger partial charge in [-0.1, -0.05) is 0 Å². The summed E-state index contributed by atoms with van der Waals surface area (Å²) in [6.07, 6.45) is 2.29. The lowest BCUT2D eigenvalue weighted by atomic mass is 10.0. The van der Waals surface area contributed by atoms with Crippen molar-refractivity contribution < 1.29 is 9.13 Å². The fourth-order valence-corrected chi connectivity index (χ4v) is 2.07. The van der Waals surface area contributed by atoms with Crippen LogP contribution in [0.5, 0.6) is 0 Å². The van der Waals surface area contributed by atoms with Gasteiger partial charge in [-0.15, -0.1) is 0 Å². The minimum atomic E-state index is -0.256. The molecule has 3 nitrogen and oxygen atoms in total. The summed E-state index contributed by atoms with van der Waals surface area (Å²) in [5.74, 6) is 0.266. The number of benzene rings is 1. The Morgan fingerprint density at radius 1 is 1.53 bits per heavy atom. The van der Waals surface area contributed by atoms with Crippen LogP contribution in [0.2, 0.25) is 0 Å². The molecule has 0 amide bonds. The zero-order valence-corrected chi connectivity index (χ0v) is 10.1. The molecule has 0 aromatic heterocycles. The van der Waals surface area contributed by atoms with E-state index in [-0.39, 0.29) is 5.82 Å². The Labute approximate surface area is 101 Å². The minimum Gasteiger partial charge on any atom is -0.397 e. The van der Waals surface area contributed by atoms with Crippen LogP contribution in [0, 0.1) is 18.7 Å². The quantitative estimate of drug-likeness (QED) is 0.796. The van der Waals surface area contributed by atoms with Crippen LogP contribution in [-0.4, -0.2) is 19.8 Å². The van der Waals surface area contributed by atoms with Crippen molar-refractivity contribution in [2.24, 2.45) is 5.92 Å². The second-order valence-electron chi connectivity index (χ2n) is 4.65. The number of hydrogen-bond donors (Lipinski definition) is 2. The van der Waals surface area contributed by atoms with E-state index in [1.165, 1.54) is 12.5 Å². The molecule has 1 atom stereocenters. The van der Waals surface area contributed by atoms with Gasteiger partial charge in [-0.2, -0.15) is 0 Å². The molecule has 94 valence electrons. The van der Waals surface area contributed by atoms with Gasteiger partial charge in [0.1, 0.15) is 5.82 Å². The van der Waals surface area contributed by atoms with Crippen LogP contribution in [-0.2, 0) is 4.74 Å². The van der Waals surface area contributed by atoms with Crippen molar-refractivity contribution in [3.05, 3.63) is 23.5 Å². The van der Waals surface area contributed by atoms with Crippen molar-refractivity contribution in [2.75, 3.05) is 30.8 Å². The highest BCUT2D eigenvalue weighted by molar-refractivity contribution is 5.67. The van der Waals surface area contributed by atoms with Crippen molar-refractivity contribution >= 4 is 11.4 Å². The number of anilines is 2. The van der Waals surface area contributed by atoms with Crippen molar-refractivity contribution in [1.29, 1.82) is 0 Å². The second-order valence-corrected chi connectivity index (χ2v) is 4.65. The number of aryl methyl sites for hydroxylation is 1. The fourth-order valence-electron chi connectivity index (χ4n) is 2.07. The first-order chi connectivity index (χ1) is 8.16. The highest BCUT2D eigenvalue weighted by atomic mass is 19.1. The van der Waals surface area contributed by atoms with Gasteiger partial charge in [-0.3, -0.25) is 0 Å². The smallest absolute Gasteiger partial charge is 0.128 e. The van der Waals surface area contributed by atoms with Crippen LogP contribution < -0.4 is 11.1 Å². The molecule has 3 N–H and O–H groups in total. The Morgan fingerprint density at radius 3 is 3.06 bits per heavy atom. The van der Waals surface area contributed by atoms with Gasteiger partial charge < -0.3 is 15.8 Å². The van der Waals surface area contributed by atoms with Gasteiger partial charge in [0.25, 0.3) is 0 Å². The number of rotatable bonds is 3. The molecule has 1 aromatic carbocycles. The van der Waals surface area contributed by atoms with E-state index in [0.29, 0.717) is 17.2 Å². The fraction of sp³-hybridized carbons (Fsp3) is 0.538. The standard InChI is InChI=1S/C13H19FN2O/c1-9-5-13(12(15)6-11(9)14)16-7-10-3-2-4-17-8-10/h5-6,10,16H,2-4,7-8,15H2,1H3. The van der Waals surface area contributed by atoms with E-state index in [4.69, 9.17) is 10.5 Å².